The fourth-order valence-electron chi connectivity index (χ4n) is 3.65. The van der Waals surface area contributed by atoms with Crippen molar-refractivity contribution < 1.29 is 14.2 Å². The van der Waals surface area contributed by atoms with E-state index in [-0.39, 0.29) is 11.2 Å². The number of methoxy groups -OCH3 is 1. The molecule has 4 nitrogen and oxygen atoms in total. The summed E-state index contributed by atoms with van der Waals surface area (Å²) in [5.74, 6) is 1.67. The van der Waals surface area contributed by atoms with Crippen LogP contribution in [-0.2, 0) is 9.47 Å². The zero-order valence-corrected chi connectivity index (χ0v) is 19.5. The Morgan fingerprint density at radius 3 is 1.90 bits per heavy atom. The Balaban J connectivity index is 1.84. The van der Waals surface area contributed by atoms with E-state index >= 15 is 0 Å². The van der Waals surface area contributed by atoms with Crippen LogP contribution in [0, 0.1) is 0 Å². The molecule has 3 rings (SSSR count). The second-order valence-electron chi connectivity index (χ2n) is 9.12. The van der Waals surface area contributed by atoms with Crippen molar-refractivity contribution in [1.29, 1.82) is 0 Å². The third kappa shape index (κ3) is 5.20. The molecule has 1 heterocycles. The average Bonchev–Trinajstić information content (AvgIpc) is 2.75. The van der Waals surface area contributed by atoms with Crippen LogP contribution < -0.4 is 9.64 Å². The van der Waals surface area contributed by atoms with Crippen molar-refractivity contribution in [2.75, 3.05) is 25.2 Å². The van der Waals surface area contributed by atoms with Crippen LogP contribution in [0.25, 0.3) is 12.2 Å². The number of para-hydroxylation sites is 2. The highest BCUT2D eigenvalue weighted by Crippen LogP contribution is 2.50. The van der Waals surface area contributed by atoms with Gasteiger partial charge in [0.25, 0.3) is 0 Å². The molecule has 0 aromatic heterocycles. The van der Waals surface area contributed by atoms with E-state index in [2.05, 4.69) is 57.9 Å². The van der Waals surface area contributed by atoms with Crippen LogP contribution in [0.4, 0.5) is 11.4 Å². The highest BCUT2D eigenvalue weighted by Gasteiger charge is 2.29. The predicted octanol–water partition coefficient (Wildman–Crippen LogP) is 7.22. The summed E-state index contributed by atoms with van der Waals surface area (Å²) in [5.41, 5.74) is 3.59. The van der Waals surface area contributed by atoms with E-state index < -0.39 is 0 Å². The average molecular weight is 422 g/mol. The van der Waals surface area contributed by atoms with Crippen molar-refractivity contribution in [2.24, 2.45) is 0 Å². The molecule has 2 aromatic rings. The summed E-state index contributed by atoms with van der Waals surface area (Å²) in [5, 5.41) is 0. The van der Waals surface area contributed by atoms with Gasteiger partial charge in [0, 0.05) is 24.8 Å². The zero-order valence-electron chi connectivity index (χ0n) is 19.5. The number of nitrogens with zero attached hydrogens (tertiary/aromatic N) is 1. The topological polar surface area (TPSA) is 30.9 Å². The maximum atomic E-state index is 6.37. The maximum absolute atomic E-state index is 6.37. The first-order valence-electron chi connectivity index (χ1n) is 10.9. The van der Waals surface area contributed by atoms with Crippen molar-refractivity contribution in [3.8, 4) is 11.5 Å². The van der Waals surface area contributed by atoms with Crippen molar-refractivity contribution in [3.63, 3.8) is 0 Å². The molecule has 1 aliphatic heterocycles. The molecule has 0 amide bonds. The minimum Gasteiger partial charge on any atom is -0.452 e. The molecule has 0 unspecified atom stereocenters. The van der Waals surface area contributed by atoms with Gasteiger partial charge in [-0.1, -0.05) is 49.6 Å². The molecule has 0 aliphatic carbocycles. The lowest BCUT2D eigenvalue weighted by Gasteiger charge is -2.36. The number of hydrogen-bond donors (Lipinski definition) is 0. The molecule has 0 fully saturated rings. The van der Waals surface area contributed by atoms with Crippen LogP contribution in [-0.4, -0.2) is 31.5 Å². The largest absolute Gasteiger partial charge is 0.452 e. The van der Waals surface area contributed by atoms with Gasteiger partial charge in [0.05, 0.1) is 29.2 Å². The first kappa shape index (κ1) is 23.1. The quantitative estimate of drug-likeness (QED) is 0.405. The minimum atomic E-state index is -0.269. The summed E-state index contributed by atoms with van der Waals surface area (Å²) < 4.78 is 18.1. The van der Waals surface area contributed by atoms with Crippen molar-refractivity contribution >= 4 is 23.5 Å². The first-order chi connectivity index (χ1) is 14.7. The van der Waals surface area contributed by atoms with E-state index in [4.69, 9.17) is 14.2 Å². The van der Waals surface area contributed by atoms with Crippen LogP contribution in [0.15, 0.2) is 49.6 Å². The highest BCUT2D eigenvalue weighted by atomic mass is 16.5. The summed E-state index contributed by atoms with van der Waals surface area (Å²) in [4.78, 5) is 2.32. The van der Waals surface area contributed by atoms with Gasteiger partial charge in [-0.2, -0.15) is 0 Å². The molecule has 0 N–H and O–H groups in total. The normalized spacial score (nSPS) is 13.3. The molecule has 2 aromatic carbocycles. The SMILES string of the molecule is C=Cc1cccc2c1Oc1c(C=C)cccc1N2CCC(C)(C)OCCC(C)(C)OC. The van der Waals surface area contributed by atoms with Crippen LogP contribution in [0.3, 0.4) is 0 Å². The van der Waals surface area contributed by atoms with E-state index in [1.54, 1.807) is 7.11 Å². The zero-order chi connectivity index (χ0) is 22.6. The van der Waals surface area contributed by atoms with Crippen molar-refractivity contribution in [2.45, 2.75) is 51.7 Å². The Kier molecular flexibility index (Phi) is 6.93. The third-order valence-corrected chi connectivity index (χ3v) is 5.96. The summed E-state index contributed by atoms with van der Waals surface area (Å²) in [6.45, 7) is 17.8. The monoisotopic (exact) mass is 421 g/mol. The van der Waals surface area contributed by atoms with E-state index in [1.165, 1.54) is 0 Å². The number of fused-ring (bicyclic) bond motifs is 2. The minimum absolute atomic E-state index is 0.180. The fraction of sp³-hybridized carbons (Fsp3) is 0.407. The van der Waals surface area contributed by atoms with Crippen LogP contribution in [0.5, 0.6) is 11.5 Å². The molecule has 0 bridgehead atoms. The van der Waals surface area contributed by atoms with E-state index in [0.29, 0.717) is 6.61 Å². The summed E-state index contributed by atoms with van der Waals surface area (Å²) in [6, 6.07) is 12.3. The highest BCUT2D eigenvalue weighted by molar-refractivity contribution is 5.84. The predicted molar refractivity (Wildman–Crippen MR) is 130 cm³/mol. The molecule has 0 saturated heterocycles. The van der Waals surface area contributed by atoms with Gasteiger partial charge in [-0.05, 0) is 52.7 Å². The van der Waals surface area contributed by atoms with Crippen molar-refractivity contribution in [1.82, 2.24) is 0 Å². The number of ether oxygens (including phenoxy) is 3. The molecule has 1 aliphatic rings. The molecule has 4 heteroatoms. The molecule has 0 atom stereocenters. The lowest BCUT2D eigenvalue weighted by atomic mass is 10.0. The Hall–Kier alpha value is -2.56. The van der Waals surface area contributed by atoms with E-state index in [9.17, 15) is 0 Å². The van der Waals surface area contributed by atoms with Gasteiger partial charge in [-0.15, -0.1) is 0 Å². The number of anilines is 2. The lowest BCUT2D eigenvalue weighted by Crippen LogP contribution is -2.34. The maximum Gasteiger partial charge on any atom is 0.158 e. The molecule has 0 radical (unpaired) electrons. The number of rotatable bonds is 10. The Bertz CT molecular complexity index is 888. The van der Waals surface area contributed by atoms with Crippen LogP contribution >= 0.6 is 0 Å². The molecule has 0 spiro atoms. The fourth-order valence-corrected chi connectivity index (χ4v) is 3.65. The van der Waals surface area contributed by atoms with E-state index in [1.807, 2.05) is 36.4 Å². The molecular weight excluding hydrogens is 386 g/mol. The van der Waals surface area contributed by atoms with Gasteiger partial charge in [-0.25, -0.2) is 0 Å². The molecule has 31 heavy (non-hydrogen) atoms. The van der Waals surface area contributed by atoms with Gasteiger partial charge in [0.15, 0.2) is 11.5 Å². The molecular formula is C27H35NO3. The van der Waals surface area contributed by atoms with Gasteiger partial charge in [-0.3, -0.25) is 0 Å². The van der Waals surface area contributed by atoms with Crippen LogP contribution in [0.1, 0.15) is 51.7 Å². The smallest absolute Gasteiger partial charge is 0.158 e. The van der Waals surface area contributed by atoms with Crippen molar-refractivity contribution in [3.05, 3.63) is 60.7 Å². The lowest BCUT2D eigenvalue weighted by molar-refractivity contribution is -0.0600. The second kappa shape index (κ2) is 9.29. The first-order valence-corrected chi connectivity index (χ1v) is 10.9. The standard InChI is InChI=1S/C27H35NO3/c1-8-20-12-10-14-22-24(20)31-25-21(9-2)13-11-15-23(25)28(22)18-16-27(5,6)30-19-17-26(3,4)29-7/h8-15H,1-2,16-19H2,3-7H3. The molecule has 0 saturated carbocycles. The Morgan fingerprint density at radius 1 is 0.871 bits per heavy atom. The summed E-state index contributed by atoms with van der Waals surface area (Å²) >= 11 is 0. The van der Waals surface area contributed by atoms with E-state index in [0.717, 1.165) is 53.4 Å². The summed E-state index contributed by atoms with van der Waals surface area (Å²) in [7, 11) is 1.74. The number of hydrogen-bond acceptors (Lipinski definition) is 4. The van der Waals surface area contributed by atoms with Gasteiger partial charge >= 0.3 is 0 Å². The molecule has 166 valence electrons. The Labute approximate surface area is 187 Å². The summed E-state index contributed by atoms with van der Waals surface area (Å²) in [6.07, 6.45) is 5.38. The van der Waals surface area contributed by atoms with Gasteiger partial charge in [0.1, 0.15) is 0 Å². The van der Waals surface area contributed by atoms with Gasteiger partial charge < -0.3 is 19.1 Å². The second-order valence-corrected chi connectivity index (χ2v) is 9.12. The van der Waals surface area contributed by atoms with Crippen LogP contribution in [0.2, 0.25) is 0 Å². The third-order valence-electron chi connectivity index (χ3n) is 5.96. The Morgan fingerprint density at radius 2 is 1.42 bits per heavy atom. The number of benzene rings is 2. The van der Waals surface area contributed by atoms with Gasteiger partial charge in [0.2, 0.25) is 0 Å².